The molecule has 3 fully saturated rings. The lowest BCUT2D eigenvalue weighted by molar-refractivity contribution is -0.140. The van der Waals surface area contributed by atoms with Gasteiger partial charge in [0.05, 0.1) is 5.92 Å². The van der Waals surface area contributed by atoms with E-state index in [1.54, 1.807) is 0 Å². The summed E-state index contributed by atoms with van der Waals surface area (Å²) >= 11 is 6.38. The van der Waals surface area contributed by atoms with Gasteiger partial charge in [-0.2, -0.15) is 0 Å². The summed E-state index contributed by atoms with van der Waals surface area (Å²) in [4.78, 5) is 33.5. The number of carbonyl (C=O) groups excluding carboxylic acids is 2. The number of halogens is 3. The number of hydrogen-bond donors (Lipinski definition) is 0. The van der Waals surface area contributed by atoms with Crippen LogP contribution in [0, 0.1) is 23.5 Å². The van der Waals surface area contributed by atoms with Crippen LogP contribution in [-0.4, -0.2) is 71.3 Å². The number of likely N-dealkylation sites (N-methyl/N-ethyl adjacent to an activating group) is 1. The van der Waals surface area contributed by atoms with Gasteiger partial charge in [0.15, 0.2) is 0 Å². The van der Waals surface area contributed by atoms with Crippen molar-refractivity contribution in [3.8, 4) is 0 Å². The fraction of sp³-hybridized carbons (Fsp3) is 0.576. The standard InChI is InChI=1S/C33H40ClF2N3O2/c1-32(2,3)39-18-25(24-9-8-23(35)17-28(24)36)26(19-39)31(41)38-13-11-33(12-14-38)27-10-7-22(34)15-21(27)16-29(33)37(4)30(40)20-5-6-20/h7-10,15,17,20,25-26,29H,5-6,11-14,16,18-19H2,1-4H3/t25-,26+,29+/m0/s1. The minimum absolute atomic E-state index is 0.0326. The highest BCUT2D eigenvalue weighted by Gasteiger charge is 2.53. The molecule has 1 spiro atoms. The van der Waals surface area contributed by atoms with Crippen LogP contribution in [-0.2, 0) is 21.4 Å². The number of amides is 2. The minimum atomic E-state index is -0.612. The smallest absolute Gasteiger partial charge is 0.227 e. The molecular formula is C33H40ClF2N3O2. The third-order valence-electron chi connectivity index (χ3n) is 10.3. The molecule has 2 amide bonds. The van der Waals surface area contributed by atoms with Gasteiger partial charge in [-0.3, -0.25) is 14.5 Å². The lowest BCUT2D eigenvalue weighted by atomic mass is 9.70. The molecule has 8 heteroatoms. The number of likely N-dealkylation sites (tertiary alicyclic amines) is 2. The monoisotopic (exact) mass is 583 g/mol. The first kappa shape index (κ1) is 28.6. The first-order chi connectivity index (χ1) is 19.4. The fourth-order valence-electron chi connectivity index (χ4n) is 7.76. The molecule has 2 aromatic carbocycles. The normalized spacial score (nSPS) is 25.9. The van der Waals surface area contributed by atoms with Crippen LogP contribution < -0.4 is 0 Å². The highest BCUT2D eigenvalue weighted by molar-refractivity contribution is 6.30. The Morgan fingerprint density at radius 3 is 2.37 bits per heavy atom. The van der Waals surface area contributed by atoms with E-state index in [0.29, 0.717) is 36.8 Å². The number of benzene rings is 2. The average Bonchev–Trinajstić information content (AvgIpc) is 3.60. The second kappa shape index (κ2) is 10.3. The van der Waals surface area contributed by atoms with Crippen molar-refractivity contribution < 1.29 is 18.4 Å². The van der Waals surface area contributed by atoms with Gasteiger partial charge in [-0.1, -0.05) is 23.7 Å². The molecule has 2 aromatic rings. The lowest BCUT2D eigenvalue weighted by Crippen LogP contribution is -2.56. The quantitative estimate of drug-likeness (QED) is 0.458. The molecule has 2 aliphatic carbocycles. The zero-order chi connectivity index (χ0) is 29.3. The summed E-state index contributed by atoms with van der Waals surface area (Å²) in [6.07, 6.45) is 4.21. The molecule has 0 unspecified atom stereocenters. The van der Waals surface area contributed by atoms with Gasteiger partial charge in [-0.15, -0.1) is 0 Å². The third kappa shape index (κ3) is 5.07. The van der Waals surface area contributed by atoms with Crippen molar-refractivity contribution in [2.75, 3.05) is 33.2 Å². The summed E-state index contributed by atoms with van der Waals surface area (Å²) in [5, 5.41) is 0.701. The number of rotatable bonds is 4. The van der Waals surface area contributed by atoms with Crippen LogP contribution in [0.5, 0.6) is 0 Å². The predicted molar refractivity (Wildman–Crippen MR) is 156 cm³/mol. The molecule has 0 bridgehead atoms. The maximum absolute atomic E-state index is 15.0. The zero-order valence-corrected chi connectivity index (χ0v) is 25.2. The van der Waals surface area contributed by atoms with Crippen LogP contribution in [0.1, 0.15) is 69.1 Å². The van der Waals surface area contributed by atoms with Crippen molar-refractivity contribution >= 4 is 23.4 Å². The van der Waals surface area contributed by atoms with Crippen LogP contribution in [0.4, 0.5) is 8.78 Å². The van der Waals surface area contributed by atoms with Gasteiger partial charge in [0.2, 0.25) is 11.8 Å². The number of hydrogen-bond acceptors (Lipinski definition) is 3. The highest BCUT2D eigenvalue weighted by Crippen LogP contribution is 2.50. The Labute approximate surface area is 246 Å². The van der Waals surface area contributed by atoms with Gasteiger partial charge in [0.1, 0.15) is 11.6 Å². The molecule has 6 rings (SSSR count). The van der Waals surface area contributed by atoms with Crippen LogP contribution >= 0.6 is 11.6 Å². The molecule has 41 heavy (non-hydrogen) atoms. The maximum atomic E-state index is 15.0. The van der Waals surface area contributed by atoms with Gasteiger partial charge in [0, 0.05) is 73.1 Å². The van der Waals surface area contributed by atoms with Crippen LogP contribution in [0.25, 0.3) is 0 Å². The van der Waals surface area contributed by atoms with Crippen molar-refractivity contribution in [2.45, 2.75) is 75.8 Å². The Bertz CT molecular complexity index is 1360. The summed E-state index contributed by atoms with van der Waals surface area (Å²) in [6.45, 7) is 8.55. The maximum Gasteiger partial charge on any atom is 0.227 e. The summed E-state index contributed by atoms with van der Waals surface area (Å²) in [5.74, 6) is -1.55. The molecule has 0 radical (unpaired) electrons. The van der Waals surface area contributed by atoms with Crippen LogP contribution in [0.15, 0.2) is 36.4 Å². The second-order valence-corrected chi connectivity index (χ2v) is 14.1. The van der Waals surface area contributed by atoms with E-state index >= 15 is 0 Å². The molecule has 0 N–H and O–H groups in total. The molecule has 0 aromatic heterocycles. The highest BCUT2D eigenvalue weighted by atomic mass is 35.5. The first-order valence-corrected chi connectivity index (χ1v) is 15.3. The van der Waals surface area contributed by atoms with E-state index in [2.05, 4.69) is 31.7 Å². The second-order valence-electron chi connectivity index (χ2n) is 13.7. The number of fused-ring (bicyclic) bond motifs is 2. The predicted octanol–water partition coefficient (Wildman–Crippen LogP) is 5.79. The van der Waals surface area contributed by atoms with Gasteiger partial charge in [-0.05, 0) is 87.8 Å². The van der Waals surface area contributed by atoms with E-state index in [1.807, 2.05) is 29.0 Å². The Balaban J connectivity index is 1.26. The third-order valence-corrected chi connectivity index (χ3v) is 10.5. The Morgan fingerprint density at radius 2 is 1.73 bits per heavy atom. The summed E-state index contributed by atoms with van der Waals surface area (Å²) in [7, 11) is 1.94. The van der Waals surface area contributed by atoms with Gasteiger partial charge >= 0.3 is 0 Å². The van der Waals surface area contributed by atoms with E-state index in [9.17, 15) is 18.4 Å². The minimum Gasteiger partial charge on any atom is -0.342 e. The van der Waals surface area contributed by atoms with Crippen molar-refractivity contribution in [3.63, 3.8) is 0 Å². The molecule has 220 valence electrons. The van der Waals surface area contributed by atoms with Gasteiger partial charge in [0.25, 0.3) is 0 Å². The molecule has 2 heterocycles. The SMILES string of the molecule is CN(C(=O)C1CC1)[C@@H]1Cc2cc(Cl)ccc2C12CCN(C(=O)[C@@H]1CN(C(C)(C)C)C[C@H]1c1ccc(F)cc1F)CC2. The summed E-state index contributed by atoms with van der Waals surface area (Å²) in [6, 6.07) is 9.84. The lowest BCUT2D eigenvalue weighted by Gasteiger charge is -2.47. The van der Waals surface area contributed by atoms with E-state index in [0.717, 1.165) is 38.2 Å². The molecule has 2 saturated heterocycles. The van der Waals surface area contributed by atoms with Crippen molar-refractivity contribution in [3.05, 3.63) is 69.7 Å². The molecule has 3 atom stereocenters. The van der Waals surface area contributed by atoms with Crippen LogP contribution in [0.3, 0.4) is 0 Å². The number of nitrogens with zero attached hydrogens (tertiary/aromatic N) is 3. The van der Waals surface area contributed by atoms with Gasteiger partial charge in [-0.25, -0.2) is 8.78 Å². The van der Waals surface area contributed by atoms with E-state index in [-0.39, 0.29) is 40.6 Å². The Hall–Kier alpha value is -2.51. The summed E-state index contributed by atoms with van der Waals surface area (Å²) < 4.78 is 28.7. The van der Waals surface area contributed by atoms with E-state index in [4.69, 9.17) is 11.6 Å². The zero-order valence-electron chi connectivity index (χ0n) is 24.4. The van der Waals surface area contributed by atoms with Crippen molar-refractivity contribution in [1.29, 1.82) is 0 Å². The van der Waals surface area contributed by atoms with Crippen molar-refractivity contribution in [2.24, 2.45) is 11.8 Å². The Morgan fingerprint density at radius 1 is 1.02 bits per heavy atom. The summed E-state index contributed by atoms with van der Waals surface area (Å²) in [5.41, 5.74) is 2.44. The Kier molecular flexibility index (Phi) is 7.21. The average molecular weight is 584 g/mol. The molecule has 2 aliphatic heterocycles. The van der Waals surface area contributed by atoms with Crippen LogP contribution in [0.2, 0.25) is 5.02 Å². The van der Waals surface area contributed by atoms with Gasteiger partial charge < -0.3 is 9.80 Å². The number of piperidine rings is 1. The molecular weight excluding hydrogens is 544 g/mol. The molecule has 4 aliphatic rings. The fourth-order valence-corrected chi connectivity index (χ4v) is 7.96. The topological polar surface area (TPSA) is 43.9 Å². The largest absolute Gasteiger partial charge is 0.342 e. The number of carbonyl (C=O) groups is 2. The van der Waals surface area contributed by atoms with Crippen molar-refractivity contribution in [1.82, 2.24) is 14.7 Å². The van der Waals surface area contributed by atoms with E-state index in [1.165, 1.54) is 23.3 Å². The van der Waals surface area contributed by atoms with E-state index < -0.39 is 17.6 Å². The molecule has 5 nitrogen and oxygen atoms in total. The molecule has 1 saturated carbocycles. The first-order valence-electron chi connectivity index (χ1n) is 14.9.